The van der Waals surface area contributed by atoms with Crippen LogP contribution >= 0.6 is 11.8 Å². The average Bonchev–Trinajstić information content (AvgIpc) is 3.22. The van der Waals surface area contributed by atoms with Crippen molar-refractivity contribution in [2.24, 2.45) is 17.6 Å². The number of unbranched alkanes of at least 4 members (excludes halogenated alkanes) is 1. The van der Waals surface area contributed by atoms with Crippen molar-refractivity contribution in [3.8, 4) is 0 Å². The van der Waals surface area contributed by atoms with Crippen LogP contribution in [0.15, 0.2) is 0 Å². The lowest BCUT2D eigenvalue weighted by Crippen LogP contribution is -2.27. The lowest BCUT2D eigenvalue weighted by Gasteiger charge is -2.16. The number of hydrogen-bond acceptors (Lipinski definition) is 7. The van der Waals surface area contributed by atoms with E-state index in [-0.39, 0.29) is 5.91 Å². The molecular formula is C20H36N2O5S. The maximum Gasteiger partial charge on any atom is 0.220 e. The summed E-state index contributed by atoms with van der Waals surface area (Å²) in [7, 11) is 0. The Hall–Kier alpha value is -0.670. The standard InChI is InChI=1S/C20H36N2O5S/c21-5-7-25-9-11-27-12-10-26-8-6-22-20(24)4-2-1-3-19-18-14-17(23)13-16(18)15-28-19/h16,18-19H,1-15,21H2,(H,22,24). The second kappa shape index (κ2) is 14.3. The first-order valence-electron chi connectivity index (χ1n) is 10.5. The van der Waals surface area contributed by atoms with E-state index in [9.17, 15) is 9.59 Å². The van der Waals surface area contributed by atoms with Gasteiger partial charge in [0.2, 0.25) is 5.91 Å². The molecule has 162 valence electrons. The molecule has 3 atom stereocenters. The minimum Gasteiger partial charge on any atom is -0.378 e. The summed E-state index contributed by atoms with van der Waals surface area (Å²) in [6, 6.07) is 0. The van der Waals surface area contributed by atoms with Crippen molar-refractivity contribution in [2.75, 3.05) is 58.5 Å². The number of nitrogens with two attached hydrogens (primary N) is 1. The van der Waals surface area contributed by atoms with Crippen LogP contribution in [0.1, 0.15) is 38.5 Å². The lowest BCUT2D eigenvalue weighted by molar-refractivity contribution is -0.121. The van der Waals surface area contributed by atoms with Crippen LogP contribution in [-0.4, -0.2) is 75.4 Å². The first-order valence-corrected chi connectivity index (χ1v) is 11.6. The molecule has 2 aliphatic rings. The van der Waals surface area contributed by atoms with Crippen LogP contribution in [0.5, 0.6) is 0 Å². The molecule has 0 aromatic carbocycles. The molecule has 7 nitrogen and oxygen atoms in total. The number of nitrogens with one attached hydrogen (secondary N) is 1. The van der Waals surface area contributed by atoms with Crippen molar-refractivity contribution in [1.82, 2.24) is 5.32 Å². The van der Waals surface area contributed by atoms with Crippen LogP contribution < -0.4 is 11.1 Å². The van der Waals surface area contributed by atoms with Gasteiger partial charge in [0.1, 0.15) is 5.78 Å². The molecule has 0 aromatic heterocycles. The summed E-state index contributed by atoms with van der Waals surface area (Å²) in [5, 5.41) is 3.52. The fraction of sp³-hybridized carbons (Fsp3) is 0.900. The SMILES string of the molecule is NCCOCCOCCOCCNC(=O)CCCCC1SCC2CC(=O)CC21. The van der Waals surface area contributed by atoms with E-state index in [0.29, 0.717) is 82.0 Å². The number of carbonyl (C=O) groups excluding carboxylic acids is 2. The van der Waals surface area contributed by atoms with Crippen molar-refractivity contribution >= 4 is 23.5 Å². The van der Waals surface area contributed by atoms with Gasteiger partial charge in [-0.1, -0.05) is 6.42 Å². The van der Waals surface area contributed by atoms with Gasteiger partial charge >= 0.3 is 0 Å². The zero-order chi connectivity index (χ0) is 20.0. The van der Waals surface area contributed by atoms with Crippen LogP contribution in [-0.2, 0) is 23.8 Å². The Morgan fingerprint density at radius 1 is 1.04 bits per heavy atom. The molecule has 2 rings (SSSR count). The number of ketones is 1. The van der Waals surface area contributed by atoms with Gasteiger partial charge in [0.05, 0.1) is 39.6 Å². The van der Waals surface area contributed by atoms with Crippen molar-refractivity contribution in [1.29, 1.82) is 0 Å². The number of rotatable bonds is 16. The fourth-order valence-corrected chi connectivity index (χ4v) is 5.61. The van der Waals surface area contributed by atoms with E-state index in [0.717, 1.165) is 37.9 Å². The van der Waals surface area contributed by atoms with Gasteiger partial charge in [0, 0.05) is 37.6 Å². The van der Waals surface area contributed by atoms with E-state index >= 15 is 0 Å². The Labute approximate surface area is 172 Å². The van der Waals surface area contributed by atoms with Crippen LogP contribution in [0, 0.1) is 11.8 Å². The molecule has 0 spiro atoms. The lowest BCUT2D eigenvalue weighted by atomic mass is 9.92. The molecule has 1 saturated heterocycles. The Morgan fingerprint density at radius 3 is 2.50 bits per heavy atom. The van der Waals surface area contributed by atoms with E-state index in [4.69, 9.17) is 19.9 Å². The summed E-state index contributed by atoms with van der Waals surface area (Å²) >= 11 is 2.03. The van der Waals surface area contributed by atoms with E-state index in [1.54, 1.807) is 0 Å². The summed E-state index contributed by atoms with van der Waals surface area (Å²) < 4.78 is 16.0. The highest BCUT2D eigenvalue weighted by atomic mass is 32.2. The first kappa shape index (κ1) is 23.6. The number of fused-ring (bicyclic) bond motifs is 1. The topological polar surface area (TPSA) is 99.9 Å². The van der Waals surface area contributed by atoms with E-state index < -0.39 is 0 Å². The highest BCUT2D eigenvalue weighted by molar-refractivity contribution is 8.00. The van der Waals surface area contributed by atoms with Crippen molar-refractivity contribution in [2.45, 2.75) is 43.8 Å². The van der Waals surface area contributed by atoms with Crippen molar-refractivity contribution < 1.29 is 23.8 Å². The summed E-state index contributed by atoms with van der Waals surface area (Å²) in [6.45, 7) is 4.22. The number of carbonyl (C=O) groups is 2. The minimum atomic E-state index is 0.0879. The molecule has 0 bridgehead atoms. The Morgan fingerprint density at radius 2 is 1.75 bits per heavy atom. The van der Waals surface area contributed by atoms with Gasteiger partial charge in [-0.05, 0) is 30.4 Å². The third-order valence-electron chi connectivity index (χ3n) is 5.28. The zero-order valence-electron chi connectivity index (χ0n) is 16.9. The number of Topliss-reactive ketones (excluding diaryl/α,β-unsaturated/α-hetero) is 1. The molecule has 1 heterocycles. The quantitative estimate of drug-likeness (QED) is 0.367. The zero-order valence-corrected chi connectivity index (χ0v) is 17.7. The maximum absolute atomic E-state index is 11.9. The van der Waals surface area contributed by atoms with Gasteiger partial charge in [0.25, 0.3) is 0 Å². The fourth-order valence-electron chi connectivity index (χ4n) is 3.85. The molecule has 8 heteroatoms. The number of thioether (sulfide) groups is 1. The van der Waals surface area contributed by atoms with Crippen molar-refractivity contribution in [3.63, 3.8) is 0 Å². The van der Waals surface area contributed by atoms with Gasteiger partial charge in [0.15, 0.2) is 0 Å². The van der Waals surface area contributed by atoms with Crippen LogP contribution in [0.3, 0.4) is 0 Å². The molecule has 28 heavy (non-hydrogen) atoms. The molecule has 0 aromatic rings. The Balaban J connectivity index is 1.34. The Bertz CT molecular complexity index is 466. The van der Waals surface area contributed by atoms with E-state index in [1.165, 1.54) is 0 Å². The van der Waals surface area contributed by atoms with Crippen LogP contribution in [0.4, 0.5) is 0 Å². The molecule has 0 radical (unpaired) electrons. The molecule has 1 amide bonds. The number of ether oxygens (including phenoxy) is 3. The minimum absolute atomic E-state index is 0.0879. The maximum atomic E-state index is 11.9. The first-order chi connectivity index (χ1) is 13.7. The van der Waals surface area contributed by atoms with Gasteiger partial charge in [-0.2, -0.15) is 11.8 Å². The molecular weight excluding hydrogens is 380 g/mol. The van der Waals surface area contributed by atoms with Gasteiger partial charge in [-0.15, -0.1) is 0 Å². The van der Waals surface area contributed by atoms with E-state index in [1.807, 2.05) is 11.8 Å². The third kappa shape index (κ3) is 9.22. The second-order valence-corrected chi connectivity index (χ2v) is 8.74. The molecule has 2 fully saturated rings. The normalized spacial score (nSPS) is 23.9. The molecule has 3 N–H and O–H groups in total. The molecule has 1 aliphatic carbocycles. The molecule has 3 unspecified atom stereocenters. The van der Waals surface area contributed by atoms with Crippen molar-refractivity contribution in [3.05, 3.63) is 0 Å². The Kier molecular flexibility index (Phi) is 12.1. The van der Waals surface area contributed by atoms with E-state index in [2.05, 4.69) is 5.32 Å². The van der Waals surface area contributed by atoms with Gasteiger partial charge < -0.3 is 25.3 Å². The summed E-state index contributed by atoms with van der Waals surface area (Å²) in [5.41, 5.74) is 5.31. The largest absolute Gasteiger partial charge is 0.378 e. The van der Waals surface area contributed by atoms with Gasteiger partial charge in [-0.25, -0.2) is 0 Å². The molecule has 1 aliphatic heterocycles. The second-order valence-electron chi connectivity index (χ2n) is 7.46. The molecule has 1 saturated carbocycles. The van der Waals surface area contributed by atoms with Gasteiger partial charge in [-0.3, -0.25) is 9.59 Å². The predicted octanol–water partition coefficient (Wildman–Crippen LogP) is 1.38. The average molecular weight is 417 g/mol. The van der Waals surface area contributed by atoms with Crippen LogP contribution in [0.25, 0.3) is 0 Å². The van der Waals surface area contributed by atoms with Crippen LogP contribution in [0.2, 0.25) is 0 Å². The summed E-state index contributed by atoms with van der Waals surface area (Å²) in [4.78, 5) is 23.4. The summed E-state index contributed by atoms with van der Waals surface area (Å²) in [6.07, 6.45) is 5.26. The third-order valence-corrected chi connectivity index (χ3v) is 6.91. The smallest absolute Gasteiger partial charge is 0.220 e. The summed E-state index contributed by atoms with van der Waals surface area (Å²) in [5.74, 6) is 2.91. The highest BCUT2D eigenvalue weighted by Crippen LogP contribution is 2.47. The highest BCUT2D eigenvalue weighted by Gasteiger charge is 2.42. The predicted molar refractivity (Wildman–Crippen MR) is 110 cm³/mol. The number of amides is 1. The monoisotopic (exact) mass is 416 g/mol. The number of hydrogen-bond donors (Lipinski definition) is 2.